The van der Waals surface area contributed by atoms with Gasteiger partial charge in [0.25, 0.3) is 0 Å². The Hall–Kier alpha value is -1.77. The van der Waals surface area contributed by atoms with Crippen molar-refractivity contribution in [2.45, 2.75) is 0 Å². The van der Waals surface area contributed by atoms with E-state index in [1.54, 1.807) is 6.07 Å². The first kappa shape index (κ1) is 8.33. The van der Waals surface area contributed by atoms with Crippen LogP contribution in [0.1, 0.15) is 5.56 Å². The zero-order valence-corrected chi connectivity index (χ0v) is 5.93. The van der Waals surface area contributed by atoms with E-state index in [0.717, 1.165) is 12.1 Å². The second kappa shape index (κ2) is 3.09. The van der Waals surface area contributed by atoms with Crippen LogP contribution in [0.2, 0.25) is 0 Å². The van der Waals surface area contributed by atoms with Crippen LogP contribution in [0.25, 0.3) is 0 Å². The molecule has 0 amide bonds. The summed E-state index contributed by atoms with van der Waals surface area (Å²) in [4.78, 5) is 0. The van der Waals surface area contributed by atoms with Gasteiger partial charge >= 0.3 is 0 Å². The molecule has 0 saturated heterocycles. The van der Waals surface area contributed by atoms with Gasteiger partial charge in [-0.3, -0.25) is 10.4 Å². The summed E-state index contributed by atoms with van der Waals surface area (Å²) in [5.41, 5.74) is -0.147. The standard InChI is InChI=1S/C7H6N2O3/c8-4-5-1-2-7(10)6(3-5)9(11)12/h1-3,10-12H/p-1. The molecule has 1 aromatic rings. The van der Waals surface area contributed by atoms with Gasteiger partial charge in [0.15, 0.2) is 0 Å². The molecular formula is C7H5N2O3-. The largest absolute Gasteiger partial charge is 0.871 e. The van der Waals surface area contributed by atoms with E-state index in [2.05, 4.69) is 0 Å². The summed E-state index contributed by atoms with van der Waals surface area (Å²) < 4.78 is 0. The number of hydrogen-bond acceptors (Lipinski definition) is 5. The summed E-state index contributed by atoms with van der Waals surface area (Å²) in [6, 6.07) is 5.24. The fourth-order valence-corrected chi connectivity index (χ4v) is 0.743. The Bertz CT molecular complexity index is 330. The normalized spacial score (nSPS) is 9.08. The van der Waals surface area contributed by atoms with Crippen LogP contribution in [0.3, 0.4) is 0 Å². The molecule has 0 aromatic heterocycles. The maximum atomic E-state index is 10.9. The molecule has 1 aromatic carbocycles. The van der Waals surface area contributed by atoms with E-state index in [1.807, 2.05) is 0 Å². The van der Waals surface area contributed by atoms with Gasteiger partial charge in [0.2, 0.25) is 0 Å². The predicted octanol–water partition coefficient (Wildman–Crippen LogP) is 0.217. The van der Waals surface area contributed by atoms with Crippen LogP contribution in [0, 0.1) is 11.3 Å². The Morgan fingerprint density at radius 3 is 2.58 bits per heavy atom. The molecule has 0 atom stereocenters. The molecule has 0 aliphatic carbocycles. The smallest absolute Gasteiger partial charge is 0.0992 e. The number of hydrogen-bond donors (Lipinski definition) is 2. The average Bonchev–Trinajstić information content (AvgIpc) is 2.05. The van der Waals surface area contributed by atoms with Crippen molar-refractivity contribution < 1.29 is 15.5 Å². The van der Waals surface area contributed by atoms with Gasteiger partial charge in [0, 0.05) is 0 Å². The molecule has 1 rings (SSSR count). The SMILES string of the molecule is N#Cc1ccc([O-])c(N(O)O)c1. The molecule has 12 heavy (non-hydrogen) atoms. The number of rotatable bonds is 1. The van der Waals surface area contributed by atoms with Crippen molar-refractivity contribution in [1.29, 1.82) is 5.26 Å². The third-order valence-electron chi connectivity index (χ3n) is 1.30. The molecule has 0 radical (unpaired) electrons. The molecule has 0 spiro atoms. The predicted molar refractivity (Wildman–Crippen MR) is 36.7 cm³/mol. The number of benzene rings is 1. The van der Waals surface area contributed by atoms with Crippen LogP contribution in [0.5, 0.6) is 5.75 Å². The van der Waals surface area contributed by atoms with Gasteiger partial charge in [-0.25, -0.2) is 0 Å². The number of nitriles is 1. The Morgan fingerprint density at radius 2 is 2.08 bits per heavy atom. The highest BCUT2D eigenvalue weighted by atomic mass is 16.8. The summed E-state index contributed by atoms with van der Waals surface area (Å²) in [5, 5.41) is 36.0. The lowest BCUT2D eigenvalue weighted by Crippen LogP contribution is -2.13. The van der Waals surface area contributed by atoms with Gasteiger partial charge in [-0.2, -0.15) is 5.26 Å². The first-order chi connectivity index (χ1) is 5.65. The second-order valence-corrected chi connectivity index (χ2v) is 2.08. The van der Waals surface area contributed by atoms with E-state index in [0.29, 0.717) is 0 Å². The van der Waals surface area contributed by atoms with Gasteiger partial charge in [-0.1, -0.05) is 11.8 Å². The fraction of sp³-hybridized carbons (Fsp3) is 0. The summed E-state index contributed by atoms with van der Waals surface area (Å²) in [6.45, 7) is 0. The molecule has 0 heterocycles. The van der Waals surface area contributed by atoms with Crippen molar-refractivity contribution in [1.82, 2.24) is 0 Å². The van der Waals surface area contributed by atoms with Crippen molar-refractivity contribution in [3.8, 4) is 11.8 Å². The molecule has 2 N–H and O–H groups in total. The molecule has 0 fully saturated rings. The van der Waals surface area contributed by atoms with E-state index < -0.39 is 5.75 Å². The van der Waals surface area contributed by atoms with Crippen LogP contribution < -0.4 is 10.3 Å². The molecular weight excluding hydrogens is 160 g/mol. The highest BCUT2D eigenvalue weighted by molar-refractivity contribution is 5.57. The van der Waals surface area contributed by atoms with Gasteiger partial charge in [0.05, 0.1) is 17.3 Å². The van der Waals surface area contributed by atoms with Crippen LogP contribution in [0.15, 0.2) is 18.2 Å². The Labute approximate surface area is 68.2 Å². The number of nitrogens with zero attached hydrogens (tertiary/aromatic N) is 2. The molecule has 5 nitrogen and oxygen atoms in total. The Morgan fingerprint density at radius 1 is 1.42 bits per heavy atom. The van der Waals surface area contributed by atoms with E-state index >= 15 is 0 Å². The molecule has 0 unspecified atom stereocenters. The van der Waals surface area contributed by atoms with E-state index in [-0.39, 0.29) is 16.5 Å². The van der Waals surface area contributed by atoms with Gasteiger partial charge in [-0.15, -0.1) is 5.23 Å². The lowest BCUT2D eigenvalue weighted by molar-refractivity contribution is -0.268. The van der Waals surface area contributed by atoms with Crippen molar-refractivity contribution >= 4 is 5.69 Å². The molecule has 0 aliphatic rings. The third kappa shape index (κ3) is 1.45. The molecule has 5 heteroatoms. The first-order valence-corrected chi connectivity index (χ1v) is 3.04. The lowest BCUT2D eigenvalue weighted by atomic mass is 10.2. The molecule has 0 saturated carbocycles. The van der Waals surface area contributed by atoms with Crippen molar-refractivity contribution in [2.24, 2.45) is 0 Å². The minimum absolute atomic E-state index is 0.192. The molecule has 0 aliphatic heterocycles. The zero-order valence-electron chi connectivity index (χ0n) is 5.93. The van der Waals surface area contributed by atoms with E-state index in [1.165, 1.54) is 6.07 Å². The third-order valence-corrected chi connectivity index (χ3v) is 1.30. The maximum absolute atomic E-state index is 10.9. The van der Waals surface area contributed by atoms with E-state index in [4.69, 9.17) is 15.7 Å². The minimum atomic E-state index is -0.556. The average molecular weight is 165 g/mol. The minimum Gasteiger partial charge on any atom is -0.871 e. The topological polar surface area (TPSA) is 90.5 Å². The molecule has 0 bridgehead atoms. The second-order valence-electron chi connectivity index (χ2n) is 2.08. The highest BCUT2D eigenvalue weighted by Crippen LogP contribution is 2.22. The maximum Gasteiger partial charge on any atom is 0.0992 e. The Kier molecular flexibility index (Phi) is 2.14. The Balaban J connectivity index is 3.19. The van der Waals surface area contributed by atoms with Crippen LogP contribution >= 0.6 is 0 Å². The zero-order chi connectivity index (χ0) is 9.14. The highest BCUT2D eigenvalue weighted by Gasteiger charge is 2.01. The fourth-order valence-electron chi connectivity index (χ4n) is 0.743. The molecule has 62 valence electrons. The van der Waals surface area contributed by atoms with Crippen molar-refractivity contribution in [2.75, 3.05) is 5.23 Å². The van der Waals surface area contributed by atoms with Crippen LogP contribution in [-0.4, -0.2) is 10.4 Å². The van der Waals surface area contributed by atoms with Crippen LogP contribution in [0.4, 0.5) is 5.69 Å². The van der Waals surface area contributed by atoms with Crippen molar-refractivity contribution in [3.63, 3.8) is 0 Å². The first-order valence-electron chi connectivity index (χ1n) is 3.04. The monoisotopic (exact) mass is 165 g/mol. The lowest BCUT2D eigenvalue weighted by Gasteiger charge is -2.16. The summed E-state index contributed by atoms with van der Waals surface area (Å²) in [5.74, 6) is -0.556. The summed E-state index contributed by atoms with van der Waals surface area (Å²) >= 11 is 0. The van der Waals surface area contributed by atoms with Crippen molar-refractivity contribution in [3.05, 3.63) is 23.8 Å². The van der Waals surface area contributed by atoms with E-state index in [9.17, 15) is 5.11 Å². The van der Waals surface area contributed by atoms with Crippen LogP contribution in [-0.2, 0) is 0 Å². The van der Waals surface area contributed by atoms with Gasteiger partial charge in [0.1, 0.15) is 0 Å². The summed E-state index contributed by atoms with van der Waals surface area (Å²) in [7, 11) is 0. The number of anilines is 1. The summed E-state index contributed by atoms with van der Waals surface area (Å²) in [6.07, 6.45) is 0. The van der Waals surface area contributed by atoms with Gasteiger partial charge < -0.3 is 5.11 Å². The van der Waals surface area contributed by atoms with Gasteiger partial charge in [-0.05, 0) is 12.1 Å². The quantitative estimate of drug-likeness (QED) is 0.580.